The highest BCUT2D eigenvalue weighted by Crippen LogP contribution is 2.15. The van der Waals surface area contributed by atoms with Crippen LogP contribution in [0.15, 0.2) is 122 Å². The van der Waals surface area contributed by atoms with E-state index in [-0.39, 0.29) is 37.5 Å². The third kappa shape index (κ3) is 56.6. The van der Waals surface area contributed by atoms with Crippen LogP contribution in [0.1, 0.15) is 252 Å². The molecule has 71 heavy (non-hydrogen) atoms. The predicted octanol–water partition coefficient (Wildman–Crippen LogP) is 19.6. The Morgan fingerprint density at radius 3 is 0.887 bits per heavy atom. The first-order valence-corrected chi connectivity index (χ1v) is 29.0. The molecule has 0 aliphatic rings. The van der Waals surface area contributed by atoms with Gasteiger partial charge < -0.3 is 14.2 Å². The molecule has 0 amide bonds. The van der Waals surface area contributed by atoms with Crippen molar-refractivity contribution >= 4 is 17.9 Å². The second kappa shape index (κ2) is 58.4. The molecule has 0 aliphatic heterocycles. The standard InChI is InChI=1S/C65H106O6/c1-4-7-10-13-15-17-19-21-23-25-27-29-30-31-32-33-34-36-37-39-41-43-45-47-49-52-55-58-64(67)70-61-62(60-69-63(66)57-54-51-12-9-6-3)71-65(68)59-56-53-50-48-46-44-42-40-38-35-28-26-24-22-20-18-16-14-11-8-5-2/h7-8,10-11,15-18,21-24,27-29,35,40,42,46,48,62H,4-6,9,12-14,19-20,25-26,30-34,36-39,41,43-45,47,49-61H2,1-3H3/b10-7-,11-8-,17-15-,18-16-,23-21-,24-22-,29-27-,35-28-,42-40-,48-46-. The summed E-state index contributed by atoms with van der Waals surface area (Å²) in [4.78, 5) is 37.8. The maximum atomic E-state index is 12.8. The third-order valence-electron chi connectivity index (χ3n) is 12.0. The number of allylic oxidation sites excluding steroid dienone is 20. The quantitative estimate of drug-likeness (QED) is 0.0261. The molecule has 402 valence electrons. The van der Waals surface area contributed by atoms with Crippen LogP contribution >= 0.6 is 0 Å². The lowest BCUT2D eigenvalue weighted by Gasteiger charge is -2.18. The van der Waals surface area contributed by atoms with Crippen molar-refractivity contribution in [3.63, 3.8) is 0 Å². The Morgan fingerprint density at radius 2 is 0.549 bits per heavy atom. The zero-order valence-corrected chi connectivity index (χ0v) is 45.9. The van der Waals surface area contributed by atoms with Gasteiger partial charge in [-0.05, 0) is 109 Å². The highest BCUT2D eigenvalue weighted by atomic mass is 16.6. The van der Waals surface area contributed by atoms with Gasteiger partial charge in [0.1, 0.15) is 13.2 Å². The smallest absolute Gasteiger partial charge is 0.306 e. The Bertz CT molecular complexity index is 1500. The molecule has 0 aromatic carbocycles. The molecular formula is C65H106O6. The molecule has 1 atom stereocenters. The van der Waals surface area contributed by atoms with Crippen molar-refractivity contribution in [3.8, 4) is 0 Å². The van der Waals surface area contributed by atoms with E-state index in [1.165, 1.54) is 77.0 Å². The van der Waals surface area contributed by atoms with Gasteiger partial charge in [0.25, 0.3) is 0 Å². The van der Waals surface area contributed by atoms with E-state index in [1.54, 1.807) is 0 Å². The van der Waals surface area contributed by atoms with Gasteiger partial charge in [-0.25, -0.2) is 0 Å². The molecule has 0 N–H and O–H groups in total. The molecule has 0 heterocycles. The zero-order valence-electron chi connectivity index (χ0n) is 45.9. The largest absolute Gasteiger partial charge is 0.462 e. The van der Waals surface area contributed by atoms with Gasteiger partial charge in [-0.15, -0.1) is 0 Å². The van der Waals surface area contributed by atoms with Crippen LogP contribution in [0.5, 0.6) is 0 Å². The fourth-order valence-electron chi connectivity index (χ4n) is 7.67. The molecule has 0 rings (SSSR count). The molecule has 0 aliphatic carbocycles. The van der Waals surface area contributed by atoms with E-state index in [0.717, 1.165) is 128 Å². The van der Waals surface area contributed by atoms with Crippen LogP contribution in [-0.4, -0.2) is 37.2 Å². The minimum atomic E-state index is -0.800. The van der Waals surface area contributed by atoms with E-state index in [0.29, 0.717) is 19.3 Å². The molecule has 0 fully saturated rings. The first-order chi connectivity index (χ1) is 35.0. The van der Waals surface area contributed by atoms with E-state index in [1.807, 2.05) is 0 Å². The van der Waals surface area contributed by atoms with Crippen molar-refractivity contribution in [2.24, 2.45) is 0 Å². The monoisotopic (exact) mass is 983 g/mol. The number of carbonyl (C=O) groups is 3. The molecule has 0 bridgehead atoms. The van der Waals surface area contributed by atoms with Gasteiger partial charge >= 0.3 is 17.9 Å². The molecule has 0 aromatic rings. The first kappa shape index (κ1) is 66.8. The summed E-state index contributed by atoms with van der Waals surface area (Å²) in [7, 11) is 0. The molecule has 6 heteroatoms. The number of hydrogen-bond acceptors (Lipinski definition) is 6. The molecular weight excluding hydrogens is 877 g/mol. The number of rotatable bonds is 51. The van der Waals surface area contributed by atoms with Gasteiger partial charge in [-0.1, -0.05) is 245 Å². The van der Waals surface area contributed by atoms with E-state index in [4.69, 9.17) is 14.2 Å². The number of esters is 3. The summed E-state index contributed by atoms with van der Waals surface area (Å²) < 4.78 is 16.7. The molecule has 6 nitrogen and oxygen atoms in total. The predicted molar refractivity (Wildman–Crippen MR) is 306 cm³/mol. The first-order valence-electron chi connectivity index (χ1n) is 29.0. The fourth-order valence-corrected chi connectivity index (χ4v) is 7.67. The van der Waals surface area contributed by atoms with E-state index >= 15 is 0 Å². The Hall–Kier alpha value is -4.19. The van der Waals surface area contributed by atoms with Crippen LogP contribution in [0.3, 0.4) is 0 Å². The lowest BCUT2D eigenvalue weighted by atomic mass is 10.0. The van der Waals surface area contributed by atoms with Gasteiger partial charge in [0, 0.05) is 19.3 Å². The molecule has 1 unspecified atom stereocenters. The van der Waals surface area contributed by atoms with Gasteiger partial charge in [0.15, 0.2) is 6.10 Å². The summed E-state index contributed by atoms with van der Waals surface area (Å²) in [5, 5.41) is 0. The Labute approximate surface area is 437 Å². The lowest BCUT2D eigenvalue weighted by molar-refractivity contribution is -0.167. The molecule has 0 aromatic heterocycles. The molecule has 0 spiro atoms. The van der Waals surface area contributed by atoms with Crippen LogP contribution in [0, 0.1) is 0 Å². The van der Waals surface area contributed by atoms with Gasteiger partial charge in [0.2, 0.25) is 0 Å². The maximum Gasteiger partial charge on any atom is 0.306 e. The van der Waals surface area contributed by atoms with Crippen molar-refractivity contribution in [1.29, 1.82) is 0 Å². The summed E-state index contributed by atoms with van der Waals surface area (Å²) in [6.45, 7) is 6.29. The van der Waals surface area contributed by atoms with Crippen molar-refractivity contribution in [2.75, 3.05) is 13.2 Å². The molecule has 0 saturated heterocycles. The number of hydrogen-bond donors (Lipinski definition) is 0. The highest BCUT2D eigenvalue weighted by Gasteiger charge is 2.19. The van der Waals surface area contributed by atoms with Gasteiger partial charge in [-0.2, -0.15) is 0 Å². The molecule has 0 radical (unpaired) electrons. The Kier molecular flexibility index (Phi) is 54.9. The highest BCUT2D eigenvalue weighted by molar-refractivity contribution is 5.71. The summed E-state index contributed by atoms with van der Waals surface area (Å²) in [6, 6.07) is 0. The van der Waals surface area contributed by atoms with E-state index in [9.17, 15) is 14.4 Å². The minimum absolute atomic E-state index is 0.0976. The Morgan fingerprint density at radius 1 is 0.296 bits per heavy atom. The van der Waals surface area contributed by atoms with Crippen molar-refractivity contribution in [2.45, 2.75) is 258 Å². The van der Waals surface area contributed by atoms with E-state index < -0.39 is 6.10 Å². The van der Waals surface area contributed by atoms with Crippen LogP contribution in [0.4, 0.5) is 0 Å². The average molecular weight is 984 g/mol. The maximum absolute atomic E-state index is 12.8. The van der Waals surface area contributed by atoms with E-state index in [2.05, 4.69) is 142 Å². The average Bonchev–Trinajstić information content (AvgIpc) is 3.37. The second-order valence-electron chi connectivity index (χ2n) is 18.8. The SMILES string of the molecule is CC/C=C\C/C=C\C/C=C\C/C=C\C/C=C\C/C=C\CCCCC(=O)OC(COC(=O)CCCCCCC)COC(=O)CCCCCCCCCCCCCCCC/C=C\C/C=C\C/C=C\C/C=C\CC. The van der Waals surface area contributed by atoms with Crippen LogP contribution in [0.2, 0.25) is 0 Å². The van der Waals surface area contributed by atoms with Crippen LogP contribution in [-0.2, 0) is 28.6 Å². The number of ether oxygens (including phenoxy) is 3. The summed E-state index contributed by atoms with van der Waals surface area (Å²) in [5.74, 6) is -0.958. The summed E-state index contributed by atoms with van der Waals surface area (Å²) >= 11 is 0. The second-order valence-corrected chi connectivity index (χ2v) is 18.8. The van der Waals surface area contributed by atoms with Crippen molar-refractivity contribution in [1.82, 2.24) is 0 Å². The number of carbonyl (C=O) groups excluding carboxylic acids is 3. The molecule has 0 saturated carbocycles. The van der Waals surface area contributed by atoms with Crippen molar-refractivity contribution < 1.29 is 28.6 Å². The zero-order chi connectivity index (χ0) is 51.4. The Balaban J connectivity index is 4.15. The topological polar surface area (TPSA) is 78.9 Å². The van der Waals surface area contributed by atoms with Gasteiger partial charge in [-0.3, -0.25) is 14.4 Å². The minimum Gasteiger partial charge on any atom is -0.462 e. The van der Waals surface area contributed by atoms with Gasteiger partial charge in [0.05, 0.1) is 0 Å². The number of unbranched alkanes of at least 4 members (excludes halogenated alkanes) is 20. The lowest BCUT2D eigenvalue weighted by Crippen LogP contribution is -2.30. The van der Waals surface area contributed by atoms with Crippen molar-refractivity contribution in [3.05, 3.63) is 122 Å². The van der Waals surface area contributed by atoms with Crippen LogP contribution in [0.25, 0.3) is 0 Å². The fraction of sp³-hybridized carbons (Fsp3) is 0.646. The summed E-state index contributed by atoms with van der Waals surface area (Å²) in [6.07, 6.45) is 81.0. The third-order valence-corrected chi connectivity index (χ3v) is 12.0. The normalized spacial score (nSPS) is 13.0. The summed E-state index contributed by atoms with van der Waals surface area (Å²) in [5.41, 5.74) is 0. The van der Waals surface area contributed by atoms with Crippen LogP contribution < -0.4 is 0 Å².